The molecule has 3 rings (SSSR count). The normalized spacial score (nSPS) is 27.1. The van der Waals surface area contributed by atoms with E-state index in [4.69, 9.17) is 18.0 Å². The van der Waals surface area contributed by atoms with Gasteiger partial charge in [0.05, 0.1) is 17.4 Å². The number of nitrogens with one attached hydrogen (secondary N) is 1. The summed E-state index contributed by atoms with van der Waals surface area (Å²) in [7, 11) is 0. The highest BCUT2D eigenvalue weighted by Gasteiger charge is 2.37. The molecule has 3 heterocycles. The number of piperazine rings is 1. The molecule has 1 N–H and O–H groups in total. The zero-order chi connectivity index (χ0) is 11.1. The van der Waals surface area contributed by atoms with Gasteiger partial charge in [-0.2, -0.15) is 0 Å². The Morgan fingerprint density at radius 1 is 1.62 bits per heavy atom. The van der Waals surface area contributed by atoms with Crippen molar-refractivity contribution in [3.8, 4) is 12.3 Å². The third kappa shape index (κ3) is 1.46. The Morgan fingerprint density at radius 2 is 2.50 bits per heavy atom. The molecule has 82 valence electrons. The van der Waals surface area contributed by atoms with E-state index in [0.29, 0.717) is 22.8 Å². The second-order valence-electron chi connectivity index (χ2n) is 4.32. The number of halogens is 1. The molecule has 2 saturated heterocycles. The maximum absolute atomic E-state index is 5.90. The van der Waals surface area contributed by atoms with E-state index in [9.17, 15) is 0 Å². The van der Waals surface area contributed by atoms with Crippen LogP contribution in [0.5, 0.6) is 0 Å². The van der Waals surface area contributed by atoms with Gasteiger partial charge in [0.2, 0.25) is 0 Å². The molecule has 1 aromatic heterocycles. The molecule has 2 fully saturated rings. The first kappa shape index (κ1) is 9.95. The standard InChI is InChI=1S/C12H12ClN3/c1-2-8-3-10(6-15-12(8)13)16-7-9-4-11(16)5-14-9/h1,3,6,9,11,14H,4-5,7H2/t9-,11-/m0/s1. The van der Waals surface area contributed by atoms with Crippen molar-refractivity contribution in [2.75, 3.05) is 18.0 Å². The van der Waals surface area contributed by atoms with E-state index in [-0.39, 0.29) is 0 Å². The van der Waals surface area contributed by atoms with Crippen LogP contribution in [0.4, 0.5) is 5.69 Å². The number of terminal acetylenes is 1. The average Bonchev–Trinajstić information content (AvgIpc) is 2.91. The Morgan fingerprint density at radius 3 is 3.12 bits per heavy atom. The van der Waals surface area contributed by atoms with E-state index in [2.05, 4.69) is 21.1 Å². The molecule has 2 bridgehead atoms. The van der Waals surface area contributed by atoms with Crippen molar-refractivity contribution in [2.24, 2.45) is 0 Å². The topological polar surface area (TPSA) is 28.2 Å². The quantitative estimate of drug-likeness (QED) is 0.585. The van der Waals surface area contributed by atoms with E-state index < -0.39 is 0 Å². The maximum atomic E-state index is 5.90. The van der Waals surface area contributed by atoms with Gasteiger partial charge in [-0.05, 0) is 12.5 Å². The monoisotopic (exact) mass is 233 g/mol. The SMILES string of the molecule is C#Cc1cc(N2C[C@@H]3C[C@H]2CN3)cnc1Cl. The van der Waals surface area contributed by atoms with Crippen molar-refractivity contribution in [1.82, 2.24) is 10.3 Å². The minimum atomic E-state index is 0.411. The Labute approximate surface area is 99.8 Å². The third-order valence-corrected chi connectivity index (χ3v) is 3.67. The first-order chi connectivity index (χ1) is 7.78. The highest BCUT2D eigenvalue weighted by molar-refractivity contribution is 6.30. The van der Waals surface area contributed by atoms with E-state index in [1.54, 1.807) is 0 Å². The summed E-state index contributed by atoms with van der Waals surface area (Å²) in [6.45, 7) is 2.09. The van der Waals surface area contributed by atoms with Crippen molar-refractivity contribution in [1.29, 1.82) is 0 Å². The lowest BCUT2D eigenvalue weighted by atomic mass is 10.2. The molecule has 1 aromatic rings. The van der Waals surface area contributed by atoms with Gasteiger partial charge in [-0.25, -0.2) is 4.98 Å². The second-order valence-corrected chi connectivity index (χ2v) is 4.68. The van der Waals surface area contributed by atoms with Gasteiger partial charge in [0.15, 0.2) is 0 Å². The van der Waals surface area contributed by atoms with Crippen molar-refractivity contribution in [3.63, 3.8) is 0 Å². The summed E-state index contributed by atoms with van der Waals surface area (Å²) < 4.78 is 0. The van der Waals surface area contributed by atoms with Gasteiger partial charge in [-0.1, -0.05) is 17.5 Å². The molecule has 2 atom stereocenters. The second kappa shape index (κ2) is 3.65. The number of rotatable bonds is 1. The molecule has 16 heavy (non-hydrogen) atoms. The van der Waals surface area contributed by atoms with Crippen LogP contribution in [0.3, 0.4) is 0 Å². The molecule has 0 spiro atoms. The van der Waals surface area contributed by atoms with Crippen LogP contribution in [0.1, 0.15) is 12.0 Å². The van der Waals surface area contributed by atoms with Crippen LogP contribution in [-0.4, -0.2) is 30.2 Å². The number of fused-ring (bicyclic) bond motifs is 2. The molecule has 2 aliphatic heterocycles. The maximum Gasteiger partial charge on any atom is 0.144 e. The Balaban J connectivity index is 1.93. The van der Waals surface area contributed by atoms with Gasteiger partial charge in [0.1, 0.15) is 5.15 Å². The highest BCUT2D eigenvalue weighted by Crippen LogP contribution is 2.30. The molecule has 0 radical (unpaired) electrons. The predicted octanol–water partition coefficient (Wildman–Crippen LogP) is 1.27. The Kier molecular flexibility index (Phi) is 2.27. The van der Waals surface area contributed by atoms with Gasteiger partial charge >= 0.3 is 0 Å². The zero-order valence-corrected chi connectivity index (χ0v) is 9.54. The van der Waals surface area contributed by atoms with Crippen LogP contribution in [0.2, 0.25) is 5.15 Å². The summed E-state index contributed by atoms with van der Waals surface area (Å²) in [6, 6.07) is 3.16. The molecule has 0 aliphatic carbocycles. The molecule has 0 unspecified atom stereocenters. The van der Waals surface area contributed by atoms with E-state index >= 15 is 0 Å². The van der Waals surface area contributed by atoms with E-state index in [0.717, 1.165) is 18.8 Å². The minimum absolute atomic E-state index is 0.411. The fraction of sp³-hybridized carbons (Fsp3) is 0.417. The van der Waals surface area contributed by atoms with Crippen LogP contribution in [-0.2, 0) is 0 Å². The van der Waals surface area contributed by atoms with Crippen molar-refractivity contribution in [3.05, 3.63) is 23.0 Å². The summed E-state index contributed by atoms with van der Waals surface area (Å²) in [5.41, 5.74) is 1.77. The minimum Gasteiger partial charge on any atom is -0.364 e. The molecule has 2 aliphatic rings. The van der Waals surface area contributed by atoms with Crippen LogP contribution in [0.25, 0.3) is 0 Å². The first-order valence-corrected chi connectivity index (χ1v) is 5.78. The highest BCUT2D eigenvalue weighted by atomic mass is 35.5. The first-order valence-electron chi connectivity index (χ1n) is 5.40. The van der Waals surface area contributed by atoms with Gasteiger partial charge in [-0.15, -0.1) is 6.42 Å². The number of hydrogen-bond donors (Lipinski definition) is 1. The molecular weight excluding hydrogens is 222 g/mol. The molecule has 0 amide bonds. The number of nitrogens with zero attached hydrogens (tertiary/aromatic N) is 2. The van der Waals surface area contributed by atoms with Gasteiger partial charge < -0.3 is 10.2 Å². The number of pyridine rings is 1. The van der Waals surface area contributed by atoms with Crippen molar-refractivity contribution >= 4 is 17.3 Å². The lowest BCUT2D eigenvalue weighted by molar-refractivity contribution is 0.579. The summed E-state index contributed by atoms with van der Waals surface area (Å²) in [5.74, 6) is 2.57. The Hall–Kier alpha value is -1.24. The average molecular weight is 234 g/mol. The number of hydrogen-bond acceptors (Lipinski definition) is 3. The summed E-state index contributed by atoms with van der Waals surface area (Å²) in [5, 5.41) is 3.88. The number of aromatic nitrogens is 1. The molecule has 4 heteroatoms. The van der Waals surface area contributed by atoms with Gasteiger partial charge in [0, 0.05) is 25.2 Å². The summed E-state index contributed by atoms with van der Waals surface area (Å²) in [4.78, 5) is 6.51. The zero-order valence-electron chi connectivity index (χ0n) is 8.78. The third-order valence-electron chi connectivity index (χ3n) is 3.37. The smallest absolute Gasteiger partial charge is 0.144 e. The molecular formula is C12H12ClN3. The summed E-state index contributed by atoms with van der Waals surface area (Å²) in [6.07, 6.45) is 8.41. The molecule has 3 nitrogen and oxygen atoms in total. The van der Waals surface area contributed by atoms with Crippen LogP contribution in [0, 0.1) is 12.3 Å². The van der Waals surface area contributed by atoms with Crippen LogP contribution < -0.4 is 10.2 Å². The number of anilines is 1. The molecule has 0 saturated carbocycles. The largest absolute Gasteiger partial charge is 0.364 e. The van der Waals surface area contributed by atoms with Crippen molar-refractivity contribution < 1.29 is 0 Å². The summed E-state index contributed by atoms with van der Waals surface area (Å²) >= 11 is 5.90. The van der Waals surface area contributed by atoms with Crippen LogP contribution >= 0.6 is 11.6 Å². The van der Waals surface area contributed by atoms with Crippen LogP contribution in [0.15, 0.2) is 12.3 Å². The van der Waals surface area contributed by atoms with E-state index in [1.807, 2.05) is 12.3 Å². The van der Waals surface area contributed by atoms with Gasteiger partial charge in [0.25, 0.3) is 0 Å². The fourth-order valence-electron chi connectivity index (χ4n) is 2.57. The van der Waals surface area contributed by atoms with E-state index in [1.165, 1.54) is 6.42 Å². The van der Waals surface area contributed by atoms with Gasteiger partial charge in [-0.3, -0.25) is 0 Å². The predicted molar refractivity (Wildman–Crippen MR) is 64.7 cm³/mol. The molecule has 0 aromatic carbocycles. The van der Waals surface area contributed by atoms with Crippen molar-refractivity contribution in [2.45, 2.75) is 18.5 Å². The Bertz CT molecular complexity index is 466. The lowest BCUT2D eigenvalue weighted by Gasteiger charge is -2.29. The lowest BCUT2D eigenvalue weighted by Crippen LogP contribution is -2.43. The fourth-order valence-corrected chi connectivity index (χ4v) is 2.73.